The molecule has 2 heterocycles. The zero-order valence-corrected chi connectivity index (χ0v) is 17.1. The third-order valence-corrected chi connectivity index (χ3v) is 6.92. The summed E-state index contributed by atoms with van der Waals surface area (Å²) in [6.45, 7) is 2.96. The van der Waals surface area contributed by atoms with Crippen LogP contribution in [0.4, 0.5) is 13.2 Å². The number of benzene rings is 1. The van der Waals surface area contributed by atoms with Gasteiger partial charge in [0.15, 0.2) is 17.4 Å². The molecule has 4 rings (SSSR count). The minimum Gasteiger partial charge on any atom is -0.487 e. The highest BCUT2D eigenvalue weighted by atomic mass is 19.2. The normalized spacial score (nSPS) is 28.1. The Bertz CT molecular complexity index is 833. The average Bonchev–Trinajstić information content (AvgIpc) is 2.72. The number of amides is 2. The zero-order chi connectivity index (χ0) is 21.5. The molecule has 1 aromatic rings. The molecule has 0 aromatic heterocycles. The summed E-state index contributed by atoms with van der Waals surface area (Å²) in [5.74, 6) is -4.12. The molecular formula is C22H27F3N2O3. The third kappa shape index (κ3) is 4.01. The van der Waals surface area contributed by atoms with Crippen molar-refractivity contribution in [3.8, 4) is 5.75 Å². The predicted octanol–water partition coefficient (Wildman–Crippen LogP) is 3.56. The number of halogens is 3. The topological polar surface area (TPSA) is 58.6 Å². The lowest BCUT2D eigenvalue weighted by molar-refractivity contribution is -0.146. The van der Waals surface area contributed by atoms with Crippen LogP contribution in [-0.2, 0) is 9.59 Å². The quantitative estimate of drug-likeness (QED) is 0.752. The van der Waals surface area contributed by atoms with Crippen molar-refractivity contribution in [1.29, 1.82) is 0 Å². The molecule has 1 saturated carbocycles. The van der Waals surface area contributed by atoms with Crippen molar-refractivity contribution in [2.75, 3.05) is 13.1 Å². The van der Waals surface area contributed by atoms with Gasteiger partial charge < -0.3 is 15.0 Å². The van der Waals surface area contributed by atoms with Crippen molar-refractivity contribution in [1.82, 2.24) is 10.2 Å². The summed E-state index contributed by atoms with van der Waals surface area (Å²) in [7, 11) is 0. The summed E-state index contributed by atoms with van der Waals surface area (Å²) in [6.07, 6.45) is 4.85. The van der Waals surface area contributed by atoms with E-state index in [1.54, 1.807) is 6.92 Å². The van der Waals surface area contributed by atoms with E-state index in [0.717, 1.165) is 25.0 Å². The minimum absolute atomic E-state index is 0.0371. The van der Waals surface area contributed by atoms with Gasteiger partial charge in [0.25, 0.3) is 0 Å². The number of rotatable bonds is 4. The lowest BCUT2D eigenvalue weighted by Crippen LogP contribution is -2.62. The van der Waals surface area contributed by atoms with Crippen molar-refractivity contribution < 1.29 is 27.5 Å². The lowest BCUT2D eigenvalue weighted by atomic mass is 9.64. The number of hydrogen-bond donors (Lipinski definition) is 1. The van der Waals surface area contributed by atoms with E-state index in [2.05, 4.69) is 5.32 Å². The Kier molecular flexibility index (Phi) is 5.68. The van der Waals surface area contributed by atoms with Crippen LogP contribution in [0.1, 0.15) is 51.9 Å². The Morgan fingerprint density at radius 1 is 1.20 bits per heavy atom. The number of ether oxygens (including phenoxy) is 1. The molecule has 1 aliphatic carbocycles. The molecule has 3 fully saturated rings. The second-order valence-electron chi connectivity index (χ2n) is 8.95. The summed E-state index contributed by atoms with van der Waals surface area (Å²) < 4.78 is 45.9. The molecule has 1 N–H and O–H groups in total. The summed E-state index contributed by atoms with van der Waals surface area (Å²) in [6, 6.07) is 1.95. The van der Waals surface area contributed by atoms with E-state index in [0.29, 0.717) is 45.2 Å². The van der Waals surface area contributed by atoms with E-state index in [9.17, 15) is 22.8 Å². The highest BCUT2D eigenvalue weighted by Crippen LogP contribution is 2.44. The largest absolute Gasteiger partial charge is 0.487 e. The second-order valence-corrected chi connectivity index (χ2v) is 8.95. The van der Waals surface area contributed by atoms with E-state index >= 15 is 0 Å². The minimum atomic E-state index is -1.53. The Morgan fingerprint density at radius 3 is 2.57 bits per heavy atom. The van der Waals surface area contributed by atoms with Gasteiger partial charge in [-0.2, -0.15) is 4.39 Å². The summed E-state index contributed by atoms with van der Waals surface area (Å²) >= 11 is 0. The molecule has 5 nitrogen and oxygen atoms in total. The van der Waals surface area contributed by atoms with E-state index in [1.807, 2.05) is 4.90 Å². The molecule has 2 saturated heterocycles. The van der Waals surface area contributed by atoms with E-state index in [-0.39, 0.29) is 41.0 Å². The van der Waals surface area contributed by atoms with Gasteiger partial charge in [-0.3, -0.25) is 9.59 Å². The molecule has 0 bridgehead atoms. The molecule has 8 heteroatoms. The summed E-state index contributed by atoms with van der Waals surface area (Å²) in [5.41, 5.74) is -0.176. The number of likely N-dealkylation sites (tertiary alicyclic amines) is 1. The van der Waals surface area contributed by atoms with Crippen LogP contribution in [0.2, 0.25) is 0 Å². The Hall–Kier alpha value is -2.25. The number of carbonyl (C=O) groups excluding carboxylic acids is 2. The van der Waals surface area contributed by atoms with Gasteiger partial charge in [0.05, 0.1) is 6.10 Å². The van der Waals surface area contributed by atoms with Gasteiger partial charge in [0.2, 0.25) is 17.6 Å². The van der Waals surface area contributed by atoms with Gasteiger partial charge in [-0.25, -0.2) is 8.78 Å². The molecule has 2 amide bonds. The van der Waals surface area contributed by atoms with Crippen molar-refractivity contribution in [3.05, 3.63) is 29.6 Å². The standard InChI is InChI=1S/C22H27F3N2O3/c1-13(30-17-5-4-16(23)19(24)20(17)25)14-6-9-27(10-7-14)21(29)15-11-22(12-15)8-2-3-18(28)26-22/h4-5,13-15H,2-3,6-12H2,1H3,(H,26,28)/t13?,15-,22+. The maximum absolute atomic E-state index is 13.8. The first-order valence-electron chi connectivity index (χ1n) is 10.7. The molecule has 164 valence electrons. The maximum Gasteiger partial charge on any atom is 0.225 e. The van der Waals surface area contributed by atoms with E-state index < -0.39 is 17.5 Å². The number of piperidine rings is 2. The number of nitrogens with zero attached hydrogens (tertiary/aromatic N) is 1. The third-order valence-electron chi connectivity index (χ3n) is 6.92. The molecular weight excluding hydrogens is 397 g/mol. The number of nitrogens with one attached hydrogen (secondary N) is 1. The lowest BCUT2D eigenvalue weighted by Gasteiger charge is -2.51. The molecule has 2 aliphatic heterocycles. The SMILES string of the molecule is CC(Oc1ccc(F)c(F)c1F)C1CCN(C(=O)[C@H]2C[C@]3(CCCC(=O)N3)C2)CC1. The molecule has 1 aromatic carbocycles. The smallest absolute Gasteiger partial charge is 0.225 e. The highest BCUT2D eigenvalue weighted by molar-refractivity contribution is 5.82. The molecule has 0 radical (unpaired) electrons. The Morgan fingerprint density at radius 2 is 1.90 bits per heavy atom. The first-order chi connectivity index (χ1) is 14.3. The van der Waals surface area contributed by atoms with E-state index in [1.165, 1.54) is 0 Å². The Balaban J connectivity index is 1.26. The van der Waals surface area contributed by atoms with Crippen LogP contribution in [0.3, 0.4) is 0 Å². The Labute approximate surface area is 173 Å². The van der Waals surface area contributed by atoms with Crippen molar-refractivity contribution in [2.24, 2.45) is 11.8 Å². The summed E-state index contributed by atoms with van der Waals surface area (Å²) in [4.78, 5) is 26.3. The first-order valence-corrected chi connectivity index (χ1v) is 10.7. The van der Waals surface area contributed by atoms with Crippen molar-refractivity contribution in [3.63, 3.8) is 0 Å². The fourth-order valence-corrected chi connectivity index (χ4v) is 5.12. The molecule has 1 atom stereocenters. The van der Waals surface area contributed by atoms with Gasteiger partial charge in [-0.1, -0.05) is 0 Å². The number of hydrogen-bond acceptors (Lipinski definition) is 3. The van der Waals surface area contributed by atoms with Crippen LogP contribution >= 0.6 is 0 Å². The van der Waals surface area contributed by atoms with Gasteiger partial charge in [-0.15, -0.1) is 0 Å². The van der Waals surface area contributed by atoms with Crippen LogP contribution in [0.25, 0.3) is 0 Å². The van der Waals surface area contributed by atoms with Crippen molar-refractivity contribution in [2.45, 2.75) is 63.5 Å². The zero-order valence-electron chi connectivity index (χ0n) is 17.1. The number of carbonyl (C=O) groups is 2. The molecule has 1 spiro atoms. The fourth-order valence-electron chi connectivity index (χ4n) is 5.12. The molecule has 30 heavy (non-hydrogen) atoms. The van der Waals surface area contributed by atoms with Crippen LogP contribution in [0.5, 0.6) is 5.75 Å². The molecule has 3 aliphatic rings. The van der Waals surface area contributed by atoms with Gasteiger partial charge >= 0.3 is 0 Å². The van der Waals surface area contributed by atoms with Crippen molar-refractivity contribution >= 4 is 11.8 Å². The van der Waals surface area contributed by atoms with Crippen LogP contribution < -0.4 is 10.1 Å². The van der Waals surface area contributed by atoms with Gasteiger partial charge in [0.1, 0.15) is 0 Å². The van der Waals surface area contributed by atoms with Gasteiger partial charge in [0, 0.05) is 31.0 Å². The fraction of sp³-hybridized carbons (Fsp3) is 0.636. The first kappa shape index (κ1) is 21.0. The highest BCUT2D eigenvalue weighted by Gasteiger charge is 2.50. The van der Waals surface area contributed by atoms with Crippen LogP contribution in [0, 0.1) is 29.3 Å². The molecule has 1 unspecified atom stereocenters. The monoisotopic (exact) mass is 424 g/mol. The second kappa shape index (κ2) is 8.12. The summed E-state index contributed by atoms with van der Waals surface area (Å²) in [5, 5.41) is 3.07. The van der Waals surface area contributed by atoms with Crippen LogP contribution in [0.15, 0.2) is 12.1 Å². The van der Waals surface area contributed by atoms with Gasteiger partial charge in [-0.05, 0) is 63.5 Å². The van der Waals surface area contributed by atoms with Crippen LogP contribution in [-0.4, -0.2) is 41.4 Å². The van der Waals surface area contributed by atoms with E-state index in [4.69, 9.17) is 4.74 Å². The maximum atomic E-state index is 13.8. The average molecular weight is 424 g/mol. The predicted molar refractivity (Wildman–Crippen MR) is 103 cm³/mol.